The van der Waals surface area contributed by atoms with Gasteiger partial charge >= 0.3 is 12.3 Å². The topological polar surface area (TPSA) is 91.8 Å². The van der Waals surface area contributed by atoms with Gasteiger partial charge < -0.3 is 15.6 Å². The number of nitrogens with zero attached hydrogens (tertiary/aromatic N) is 2. The van der Waals surface area contributed by atoms with E-state index >= 15 is 0 Å². The van der Waals surface area contributed by atoms with Crippen LogP contribution in [0.15, 0.2) is 78.9 Å². The molecule has 0 saturated carbocycles. The third-order valence-corrected chi connectivity index (χ3v) is 5.45. The fourth-order valence-corrected chi connectivity index (χ4v) is 4.00. The van der Waals surface area contributed by atoms with Crippen LogP contribution >= 0.6 is 0 Å². The second-order valence-corrected chi connectivity index (χ2v) is 7.36. The minimum absolute atomic E-state index is 0.0690. The molecule has 0 radical (unpaired) electrons. The Morgan fingerprint density at radius 2 is 1.52 bits per heavy atom. The Balaban J connectivity index is 1.46. The van der Waals surface area contributed by atoms with Gasteiger partial charge in [0.25, 0.3) is 5.78 Å². The molecule has 0 saturated heterocycles. The van der Waals surface area contributed by atoms with Gasteiger partial charge in [-0.1, -0.05) is 78.9 Å². The molecule has 4 rings (SSSR count). The predicted molar refractivity (Wildman–Crippen MR) is 117 cm³/mol. The molecule has 1 aliphatic rings. The van der Waals surface area contributed by atoms with Crippen LogP contribution in [0.4, 0.5) is 4.79 Å². The first-order chi connectivity index (χ1) is 15.2. The second kappa shape index (κ2) is 9.20. The lowest BCUT2D eigenvalue weighted by molar-refractivity contribution is -0.117. The number of carbonyl (C=O) groups is 2. The van der Waals surface area contributed by atoms with Crippen molar-refractivity contribution in [2.24, 2.45) is 0 Å². The van der Waals surface area contributed by atoms with Gasteiger partial charge in [0, 0.05) is 12.3 Å². The highest BCUT2D eigenvalue weighted by Crippen LogP contribution is 2.44. The first-order valence-corrected chi connectivity index (χ1v) is 10.0. The zero-order valence-corrected chi connectivity index (χ0v) is 16.8. The fourth-order valence-electron chi connectivity index (χ4n) is 4.00. The molecule has 31 heavy (non-hydrogen) atoms. The van der Waals surface area contributed by atoms with Crippen LogP contribution < -0.4 is 5.32 Å². The van der Waals surface area contributed by atoms with E-state index in [9.17, 15) is 9.59 Å². The van der Waals surface area contributed by atoms with E-state index in [4.69, 9.17) is 10.3 Å². The van der Waals surface area contributed by atoms with Gasteiger partial charge in [0.1, 0.15) is 12.6 Å². The Bertz CT molecular complexity index is 1110. The van der Waals surface area contributed by atoms with Crippen molar-refractivity contribution in [2.45, 2.75) is 18.4 Å². The molecule has 0 aliphatic heterocycles. The predicted octanol–water partition coefficient (Wildman–Crippen LogP) is 4.01. The molecule has 1 aliphatic carbocycles. The molecule has 0 spiro atoms. The Morgan fingerprint density at radius 1 is 0.935 bits per heavy atom. The summed E-state index contributed by atoms with van der Waals surface area (Å²) < 4.78 is 5.53. The Morgan fingerprint density at radius 3 is 2.13 bits per heavy atom. The average Bonchev–Trinajstić information content (AvgIpc) is 3.12. The van der Waals surface area contributed by atoms with Gasteiger partial charge in [-0.15, -0.1) is 0 Å². The summed E-state index contributed by atoms with van der Waals surface area (Å²) in [6.45, 7) is 0.153. The highest BCUT2D eigenvalue weighted by molar-refractivity contribution is 6.28. The van der Waals surface area contributed by atoms with Crippen molar-refractivity contribution in [1.29, 1.82) is 0 Å². The third kappa shape index (κ3) is 4.44. The van der Waals surface area contributed by atoms with E-state index in [1.54, 1.807) is 0 Å². The fraction of sp³-hybridized carbons (Fsp3) is 0.160. The number of alkyl carbamates (subject to hydrolysis) is 1. The number of carbonyl (C=O) groups excluding carboxylic acids is 2. The molecule has 1 N–H and O–H groups in total. The van der Waals surface area contributed by atoms with Crippen molar-refractivity contribution in [3.05, 3.63) is 101 Å². The van der Waals surface area contributed by atoms with Crippen molar-refractivity contribution in [3.63, 3.8) is 0 Å². The summed E-state index contributed by atoms with van der Waals surface area (Å²) >= 11 is 0. The van der Waals surface area contributed by atoms with Crippen molar-refractivity contribution < 1.29 is 19.1 Å². The van der Waals surface area contributed by atoms with Crippen LogP contribution in [0.25, 0.3) is 16.7 Å². The van der Waals surface area contributed by atoms with E-state index in [-0.39, 0.29) is 18.9 Å². The van der Waals surface area contributed by atoms with Crippen molar-refractivity contribution >= 4 is 18.1 Å². The first-order valence-electron chi connectivity index (χ1n) is 10.0. The highest BCUT2D eigenvalue weighted by Gasteiger charge is 2.30. The van der Waals surface area contributed by atoms with Crippen LogP contribution in [0, 0.1) is 0 Å². The number of Topliss-reactive ketones (excluding diaryl/α,β-unsaturated/α-hetero) is 1. The van der Waals surface area contributed by atoms with Gasteiger partial charge in [0.05, 0.1) is 0 Å². The molecule has 3 aromatic rings. The van der Waals surface area contributed by atoms with E-state index in [1.807, 2.05) is 66.7 Å². The summed E-state index contributed by atoms with van der Waals surface area (Å²) in [5.41, 5.74) is 14.1. The first kappa shape index (κ1) is 20.3. The number of benzene rings is 3. The molecular weight excluding hydrogens is 390 g/mol. The maximum Gasteiger partial charge on any atom is 0.407 e. The van der Waals surface area contributed by atoms with Crippen LogP contribution in [-0.2, 0) is 16.0 Å². The maximum absolute atomic E-state index is 12.5. The molecule has 0 heterocycles. The number of rotatable bonds is 7. The number of hydrogen-bond donors (Lipinski definition) is 1. The number of fused-ring (bicyclic) bond motifs is 3. The SMILES string of the molecule is [N-]=[N+]=CC(=O)[C@H](Cc1ccccc1)NC(=O)OCC1c2ccccc2-c2ccccc21. The second-order valence-electron chi connectivity index (χ2n) is 7.36. The monoisotopic (exact) mass is 411 g/mol. The van der Waals surface area contributed by atoms with Crippen LogP contribution in [0.3, 0.4) is 0 Å². The van der Waals surface area contributed by atoms with Gasteiger partial charge in [0.2, 0.25) is 0 Å². The Kier molecular flexibility index (Phi) is 6.01. The maximum atomic E-state index is 12.5. The summed E-state index contributed by atoms with van der Waals surface area (Å²) in [6.07, 6.45) is 0.357. The smallest absolute Gasteiger partial charge is 0.407 e. The lowest BCUT2D eigenvalue weighted by Gasteiger charge is -2.17. The van der Waals surface area contributed by atoms with E-state index < -0.39 is 17.9 Å². The summed E-state index contributed by atoms with van der Waals surface area (Å²) in [7, 11) is 0. The van der Waals surface area contributed by atoms with Crippen molar-refractivity contribution in [1.82, 2.24) is 5.32 Å². The van der Waals surface area contributed by atoms with E-state index in [0.717, 1.165) is 34.0 Å². The number of amides is 1. The highest BCUT2D eigenvalue weighted by atomic mass is 16.5. The number of hydrogen-bond acceptors (Lipinski definition) is 3. The minimum Gasteiger partial charge on any atom is -0.449 e. The van der Waals surface area contributed by atoms with E-state index in [1.165, 1.54) is 0 Å². The normalized spacial score (nSPS) is 12.8. The van der Waals surface area contributed by atoms with Crippen LogP contribution in [0.5, 0.6) is 0 Å². The molecule has 154 valence electrons. The zero-order valence-electron chi connectivity index (χ0n) is 16.8. The van der Waals surface area contributed by atoms with E-state index in [0.29, 0.717) is 0 Å². The Labute approximate surface area is 180 Å². The quantitative estimate of drug-likeness (QED) is 0.362. The number of ether oxygens (including phenoxy) is 1. The summed E-state index contributed by atoms with van der Waals surface area (Å²) in [5.74, 6) is -0.583. The summed E-state index contributed by atoms with van der Waals surface area (Å²) in [6, 6.07) is 24.5. The molecule has 1 amide bonds. The van der Waals surface area contributed by atoms with Gasteiger partial charge in [-0.2, -0.15) is 4.79 Å². The molecule has 1 atom stereocenters. The van der Waals surface area contributed by atoms with Gasteiger partial charge in [-0.3, -0.25) is 4.79 Å². The average molecular weight is 411 g/mol. The molecule has 0 unspecified atom stereocenters. The van der Waals surface area contributed by atoms with Gasteiger partial charge in [-0.05, 0) is 27.8 Å². The molecule has 3 aromatic carbocycles. The minimum atomic E-state index is -0.894. The molecular formula is C25H21N3O3. The largest absolute Gasteiger partial charge is 0.449 e. The third-order valence-electron chi connectivity index (χ3n) is 5.45. The Hall–Kier alpha value is -4.02. The van der Waals surface area contributed by atoms with Gasteiger partial charge in [-0.25, -0.2) is 4.79 Å². The van der Waals surface area contributed by atoms with Gasteiger partial charge in [0.15, 0.2) is 0 Å². The molecule has 6 heteroatoms. The standard InChI is InChI=1S/C25H21N3O3/c26-27-15-24(29)23(14-17-8-2-1-3-9-17)28-25(30)31-16-22-20-12-6-4-10-18(20)19-11-5-7-13-21(19)22/h1-13,15,22-23H,14,16H2,(H,28,30)/t23-/m0/s1. The van der Waals surface area contributed by atoms with E-state index in [2.05, 4.69) is 22.2 Å². The molecule has 0 aromatic heterocycles. The van der Waals surface area contributed by atoms with Crippen molar-refractivity contribution in [3.8, 4) is 11.1 Å². The van der Waals surface area contributed by atoms with Crippen LogP contribution in [0.1, 0.15) is 22.6 Å². The van der Waals surface area contributed by atoms with Crippen molar-refractivity contribution in [2.75, 3.05) is 6.61 Å². The molecule has 0 fully saturated rings. The lowest BCUT2D eigenvalue weighted by Crippen LogP contribution is -2.43. The summed E-state index contributed by atoms with van der Waals surface area (Å²) in [5, 5.41) is 2.61. The van der Waals surface area contributed by atoms with Crippen LogP contribution in [0.2, 0.25) is 0 Å². The number of nitrogens with one attached hydrogen (secondary N) is 1. The van der Waals surface area contributed by atoms with Crippen LogP contribution in [-0.4, -0.2) is 35.5 Å². The summed E-state index contributed by atoms with van der Waals surface area (Å²) in [4.78, 5) is 27.6. The number of ketones is 1. The molecule has 6 nitrogen and oxygen atoms in total. The molecule has 0 bridgehead atoms. The lowest BCUT2D eigenvalue weighted by atomic mass is 9.98. The zero-order chi connectivity index (χ0) is 21.6.